The molecule has 97 heavy (non-hydrogen) atoms. The van der Waals surface area contributed by atoms with Crippen LogP contribution >= 0.6 is 0 Å². The van der Waals surface area contributed by atoms with E-state index < -0.39 is 168 Å². The van der Waals surface area contributed by atoms with Crippen molar-refractivity contribution in [3.05, 3.63) is 101 Å². The average molecular weight is 1350 g/mol. The van der Waals surface area contributed by atoms with Crippen LogP contribution in [0.3, 0.4) is 0 Å². The summed E-state index contributed by atoms with van der Waals surface area (Å²) >= 11 is 0. The van der Waals surface area contributed by atoms with Crippen LogP contribution in [-0.2, 0) is 92.8 Å². The molecule has 30 heteroatoms. The minimum atomic E-state index is -1.67. The number of H-pyrrole nitrogens is 1. The smallest absolute Gasteiger partial charge is 0.407 e. The Morgan fingerprint density at radius 1 is 0.825 bits per heavy atom. The highest BCUT2D eigenvalue weighted by atomic mass is 19.1. The van der Waals surface area contributed by atoms with Gasteiger partial charge in [-0.15, -0.1) is 0 Å². The van der Waals surface area contributed by atoms with E-state index in [-0.39, 0.29) is 58.2 Å². The van der Waals surface area contributed by atoms with E-state index in [0.29, 0.717) is 45.3 Å². The van der Waals surface area contributed by atoms with E-state index in [1.807, 2.05) is 0 Å². The van der Waals surface area contributed by atoms with Crippen LogP contribution in [0.5, 0.6) is 5.75 Å². The number of carbonyl (C=O) groups is 12. The Kier molecular flexibility index (Phi) is 24.9. The average Bonchev–Trinajstić information content (AvgIpc) is 1.70. The highest BCUT2D eigenvalue weighted by molar-refractivity contribution is 6.00. The molecule has 0 aliphatic carbocycles. The summed E-state index contributed by atoms with van der Waals surface area (Å²) in [5.74, 6) is -9.38. The summed E-state index contributed by atoms with van der Waals surface area (Å²) in [6.45, 7) is 13.0. The standard InChI is InChI=1S/C67H90FN13O16/c1-36(74-58(87)49(75-52(83)22-21-51(69)82)34-73-64(93)97-66(6,7)8)56(85)76-46-29-39-13-11-14-40(27-39)32-72-53(84)35-95-50-23-26-80(61(90)48(77-57(46)86)30-41-33-71-45-20-17-42(68)31-44(41)45)55(50)60(89)79-54(37(2)96-65(3,4)5)59(88)78-47(28-38-15-18-43(94-10)19-16-38)62(91)81-25-12-24-67(81,9)63(70)92/h11,13-20,27,31,33,36-37,46-50,54-55,71H,12,21-26,28-30,32,34-35H2,1-10H3,(H2,69,82)(H2,70,92)(H,72,84)(H,73,93)(H,74,87)(H,75,83)(H,76,85)(H,77,86)(H,78,88)(H,79,89)/t36-,37-,46+,47+,48+,49+,50+,54+,55+,67+/m1/s1. The van der Waals surface area contributed by atoms with E-state index in [4.69, 9.17) is 30.4 Å². The molecule has 526 valence electrons. The number of carbonyl (C=O) groups excluding carboxylic acids is 12. The maximum absolute atomic E-state index is 15.8. The number of aromatic amines is 1. The quantitative estimate of drug-likeness (QED) is 0.0488. The maximum Gasteiger partial charge on any atom is 0.407 e. The number of benzene rings is 3. The molecule has 0 spiro atoms. The van der Waals surface area contributed by atoms with Gasteiger partial charge in [-0.1, -0.05) is 36.4 Å². The molecule has 10 atom stereocenters. The van der Waals surface area contributed by atoms with E-state index in [1.54, 1.807) is 97.0 Å². The molecule has 2 saturated heterocycles. The predicted molar refractivity (Wildman–Crippen MR) is 349 cm³/mol. The first-order valence-corrected chi connectivity index (χ1v) is 32.1. The number of likely N-dealkylation sites (tertiary alicyclic amines) is 1. The number of hydrogen-bond donors (Lipinski definition) is 11. The van der Waals surface area contributed by atoms with Crippen molar-refractivity contribution in [2.24, 2.45) is 11.5 Å². The zero-order chi connectivity index (χ0) is 71.3. The molecule has 3 aliphatic rings. The number of nitrogens with one attached hydrogen (secondary N) is 9. The maximum atomic E-state index is 15.8. The molecule has 7 rings (SSSR count). The number of fused-ring (bicyclic) bond motifs is 5. The van der Waals surface area contributed by atoms with Crippen molar-refractivity contribution < 1.29 is 80.9 Å². The molecule has 1 aromatic heterocycles. The Morgan fingerprint density at radius 3 is 2.21 bits per heavy atom. The molecule has 0 unspecified atom stereocenters. The number of ether oxygens (including phenoxy) is 4. The molecule has 4 heterocycles. The van der Waals surface area contributed by atoms with Gasteiger partial charge >= 0.3 is 6.09 Å². The van der Waals surface area contributed by atoms with Crippen molar-refractivity contribution in [1.29, 1.82) is 0 Å². The lowest BCUT2D eigenvalue weighted by Gasteiger charge is -2.37. The second-order valence-corrected chi connectivity index (χ2v) is 26.7. The van der Waals surface area contributed by atoms with Gasteiger partial charge in [0.25, 0.3) is 0 Å². The molecular formula is C67H90FN13O16. The number of methoxy groups -OCH3 is 1. The lowest BCUT2D eigenvalue weighted by molar-refractivity contribution is -0.149. The summed E-state index contributed by atoms with van der Waals surface area (Å²) in [6.07, 6.45) is -2.77. The summed E-state index contributed by atoms with van der Waals surface area (Å²) < 4.78 is 38.3. The van der Waals surface area contributed by atoms with Gasteiger partial charge in [0.05, 0.1) is 31.5 Å². The van der Waals surface area contributed by atoms with Crippen LogP contribution < -0.4 is 58.7 Å². The fraction of sp³-hybridized carbons (Fsp3) is 0.522. The largest absolute Gasteiger partial charge is 0.497 e. The second kappa shape index (κ2) is 32.4. The van der Waals surface area contributed by atoms with Crippen LogP contribution in [0, 0.1) is 5.82 Å². The van der Waals surface area contributed by atoms with Crippen LogP contribution in [0.15, 0.2) is 72.9 Å². The van der Waals surface area contributed by atoms with Gasteiger partial charge in [0.2, 0.25) is 65.0 Å². The minimum Gasteiger partial charge on any atom is -0.497 e. The molecule has 29 nitrogen and oxygen atoms in total. The molecule has 2 fully saturated rings. The Hall–Kier alpha value is -9.71. The summed E-state index contributed by atoms with van der Waals surface area (Å²) in [6, 6.07) is 6.40. The summed E-state index contributed by atoms with van der Waals surface area (Å²) in [4.78, 5) is 174. The number of primary amides is 2. The van der Waals surface area contributed by atoms with Crippen LogP contribution in [0.1, 0.15) is 117 Å². The fourth-order valence-electron chi connectivity index (χ4n) is 11.8. The van der Waals surface area contributed by atoms with Gasteiger partial charge in [0, 0.05) is 68.8 Å². The Morgan fingerprint density at radius 2 is 1.54 bits per heavy atom. The van der Waals surface area contributed by atoms with Crippen molar-refractivity contribution >= 4 is 82.0 Å². The third-order valence-electron chi connectivity index (χ3n) is 16.7. The van der Waals surface area contributed by atoms with E-state index in [0.717, 1.165) is 4.90 Å². The molecule has 3 aliphatic heterocycles. The summed E-state index contributed by atoms with van der Waals surface area (Å²) in [7, 11) is 1.49. The Bertz CT molecular complexity index is 3590. The molecule has 3 aromatic carbocycles. The minimum absolute atomic E-state index is 0.0677. The molecule has 0 radical (unpaired) electrons. The molecule has 12 amide bonds. The van der Waals surface area contributed by atoms with Crippen molar-refractivity contribution in [2.75, 3.05) is 33.4 Å². The van der Waals surface area contributed by atoms with Gasteiger partial charge in [0.1, 0.15) is 71.6 Å². The van der Waals surface area contributed by atoms with Crippen LogP contribution in [0.25, 0.3) is 10.9 Å². The van der Waals surface area contributed by atoms with E-state index in [9.17, 15) is 38.4 Å². The van der Waals surface area contributed by atoms with Crippen molar-refractivity contribution in [3.8, 4) is 5.75 Å². The van der Waals surface area contributed by atoms with Crippen molar-refractivity contribution in [2.45, 2.75) is 191 Å². The van der Waals surface area contributed by atoms with Gasteiger partial charge in [-0.2, -0.15) is 0 Å². The zero-order valence-electron chi connectivity index (χ0n) is 56.3. The SMILES string of the molecule is COc1ccc(C[C@H](NC(=O)[C@@H](NC(=O)[C@@H]2[C@@H]3CCN2C(=O)[C@H](Cc2c[nH]c4ccc(F)cc24)NC(=O)[C@@H](NC(=O)[C@@H](C)NC(=O)[C@H](CNC(=O)OC(C)(C)C)NC(=O)CCC(N)=O)Cc2cccc(c2)CNC(=O)CO3)[C@@H](C)OC(C)(C)C)C(=O)N2CCC[C@@]2(C)C(N)=O)cc1. The molecule has 0 saturated carbocycles. The number of halogens is 1. The van der Waals surface area contributed by atoms with E-state index in [2.05, 4.69) is 47.5 Å². The number of nitrogens with zero attached hydrogens (tertiary/aromatic N) is 2. The van der Waals surface area contributed by atoms with Crippen molar-refractivity contribution in [3.63, 3.8) is 0 Å². The fourth-order valence-corrected chi connectivity index (χ4v) is 11.8. The van der Waals surface area contributed by atoms with Gasteiger partial charge in [0.15, 0.2) is 0 Å². The third kappa shape index (κ3) is 20.7. The first-order chi connectivity index (χ1) is 45.6. The highest BCUT2D eigenvalue weighted by Gasteiger charge is 2.49. The number of nitrogens with two attached hydrogens (primary N) is 2. The second-order valence-electron chi connectivity index (χ2n) is 26.7. The van der Waals surface area contributed by atoms with Crippen LogP contribution in [0.4, 0.5) is 9.18 Å². The van der Waals surface area contributed by atoms with E-state index in [1.165, 1.54) is 50.3 Å². The van der Waals surface area contributed by atoms with Crippen LogP contribution in [-0.4, -0.2) is 190 Å². The van der Waals surface area contributed by atoms with Gasteiger partial charge in [-0.25, -0.2) is 9.18 Å². The van der Waals surface area contributed by atoms with Gasteiger partial charge < -0.3 is 87.7 Å². The predicted octanol–water partition coefficient (Wildman–Crippen LogP) is 0.748. The lowest BCUT2D eigenvalue weighted by Crippen LogP contribution is -2.64. The topological polar surface area (TPSA) is 412 Å². The van der Waals surface area contributed by atoms with Gasteiger partial charge in [-0.3, -0.25) is 52.7 Å². The number of hydrogen-bond acceptors (Lipinski definition) is 16. The number of amides is 12. The first-order valence-electron chi connectivity index (χ1n) is 32.1. The first kappa shape index (κ1) is 74.7. The number of rotatable bonds is 23. The Balaban J connectivity index is 1.24. The molecular weight excluding hydrogens is 1260 g/mol. The normalized spacial score (nSPS) is 20.9. The lowest BCUT2D eigenvalue weighted by atomic mass is 9.96. The van der Waals surface area contributed by atoms with Gasteiger partial charge in [-0.05, 0) is 134 Å². The number of aromatic nitrogens is 1. The summed E-state index contributed by atoms with van der Waals surface area (Å²) in [5.41, 5.74) is 10.2. The summed E-state index contributed by atoms with van der Waals surface area (Å²) in [5, 5.41) is 21.5. The monoisotopic (exact) mass is 1350 g/mol. The highest BCUT2D eigenvalue weighted by Crippen LogP contribution is 2.31. The Labute approximate surface area is 561 Å². The van der Waals surface area contributed by atoms with Crippen LogP contribution in [0.2, 0.25) is 0 Å². The van der Waals surface area contributed by atoms with E-state index >= 15 is 23.6 Å². The zero-order valence-corrected chi connectivity index (χ0v) is 56.3. The van der Waals surface area contributed by atoms with Crippen molar-refractivity contribution in [1.82, 2.24) is 57.3 Å². The third-order valence-corrected chi connectivity index (χ3v) is 16.7. The molecule has 4 bridgehead atoms. The number of alkyl carbamates (subject to hydrolysis) is 1. The molecule has 13 N–H and O–H groups in total. The molecule has 4 aromatic rings.